The molecule has 3 aliphatic heterocycles. The lowest BCUT2D eigenvalue weighted by molar-refractivity contribution is -0.141. The lowest BCUT2D eigenvalue weighted by Crippen LogP contribution is -2.51. The van der Waals surface area contributed by atoms with E-state index in [1.807, 2.05) is 0 Å². The van der Waals surface area contributed by atoms with E-state index in [2.05, 4.69) is 0 Å². The predicted molar refractivity (Wildman–Crippen MR) is 117 cm³/mol. The maximum absolute atomic E-state index is 14.8. The Bertz CT molecular complexity index is 1060. The molecule has 3 fully saturated rings. The van der Waals surface area contributed by atoms with E-state index in [0.717, 1.165) is 0 Å². The van der Waals surface area contributed by atoms with Gasteiger partial charge in [-0.15, -0.1) is 0 Å². The molecule has 32 heavy (non-hydrogen) atoms. The summed E-state index contributed by atoms with van der Waals surface area (Å²) in [5.74, 6) is -0.504. The molecule has 0 aromatic heterocycles. The molecule has 1 spiro atoms. The number of carbonyl (C=O) groups is 2. The van der Waals surface area contributed by atoms with Gasteiger partial charge in [0, 0.05) is 42.5 Å². The summed E-state index contributed by atoms with van der Waals surface area (Å²) in [5.41, 5.74) is -0.671. The van der Waals surface area contributed by atoms with Crippen molar-refractivity contribution in [2.24, 2.45) is 0 Å². The second-order valence-corrected chi connectivity index (χ2v) is 9.20. The molecule has 2 aromatic carbocycles. The normalized spacial score (nSPS) is 24.8. The molecule has 2 aromatic rings. The molecule has 5 rings (SSSR count). The van der Waals surface area contributed by atoms with Gasteiger partial charge in [-0.25, -0.2) is 9.18 Å². The molecule has 1 unspecified atom stereocenters. The molecule has 168 valence electrons. The first-order chi connectivity index (χ1) is 15.4. The van der Waals surface area contributed by atoms with Gasteiger partial charge in [0.1, 0.15) is 5.82 Å². The summed E-state index contributed by atoms with van der Waals surface area (Å²) in [4.78, 5) is 29.8. The molecule has 3 heterocycles. The van der Waals surface area contributed by atoms with Crippen LogP contribution in [0.3, 0.4) is 0 Å². The molecule has 0 radical (unpaired) electrons. The van der Waals surface area contributed by atoms with Gasteiger partial charge in [0.05, 0.1) is 18.5 Å². The Morgan fingerprint density at radius 3 is 2.56 bits per heavy atom. The van der Waals surface area contributed by atoms with Gasteiger partial charge < -0.3 is 14.4 Å². The number of rotatable bonds is 3. The van der Waals surface area contributed by atoms with Crippen molar-refractivity contribution in [2.45, 2.75) is 30.3 Å². The van der Waals surface area contributed by atoms with Crippen molar-refractivity contribution in [1.82, 2.24) is 4.90 Å². The highest BCUT2D eigenvalue weighted by Gasteiger charge is 2.54. The van der Waals surface area contributed by atoms with Crippen LogP contribution in [0.1, 0.15) is 24.8 Å². The van der Waals surface area contributed by atoms with Crippen molar-refractivity contribution < 1.29 is 23.5 Å². The fourth-order valence-electron chi connectivity index (χ4n) is 5.17. The SMILES string of the molecule is O=C1OC2(CCN(C(=O)C3(c4ccccc4F)CCOCC3)C2)CN1c1cccc(Cl)c1. The molecular formula is C24H24ClFN2O4. The third-order valence-electron chi connectivity index (χ3n) is 6.84. The van der Waals surface area contributed by atoms with E-state index in [4.69, 9.17) is 21.1 Å². The van der Waals surface area contributed by atoms with Crippen LogP contribution in [0.5, 0.6) is 0 Å². The third kappa shape index (κ3) is 3.53. The first kappa shape index (κ1) is 21.2. The Kier molecular flexibility index (Phi) is 5.34. The van der Waals surface area contributed by atoms with Gasteiger partial charge in [-0.1, -0.05) is 35.9 Å². The first-order valence-corrected chi connectivity index (χ1v) is 11.2. The average Bonchev–Trinajstić information content (AvgIpc) is 3.36. The maximum atomic E-state index is 14.8. The Hall–Kier alpha value is -2.64. The molecule has 3 saturated heterocycles. The van der Waals surface area contributed by atoms with E-state index in [1.165, 1.54) is 6.07 Å². The minimum Gasteiger partial charge on any atom is -0.439 e. The van der Waals surface area contributed by atoms with Crippen molar-refractivity contribution in [2.75, 3.05) is 37.7 Å². The van der Waals surface area contributed by atoms with E-state index >= 15 is 0 Å². The number of benzene rings is 2. The van der Waals surface area contributed by atoms with E-state index in [-0.39, 0.29) is 18.3 Å². The Morgan fingerprint density at radius 1 is 1.03 bits per heavy atom. The Balaban J connectivity index is 1.39. The van der Waals surface area contributed by atoms with Gasteiger partial charge in [0.15, 0.2) is 5.60 Å². The fourth-order valence-corrected chi connectivity index (χ4v) is 5.35. The molecule has 0 aliphatic carbocycles. The van der Waals surface area contributed by atoms with Crippen LogP contribution in [0.25, 0.3) is 0 Å². The highest BCUT2D eigenvalue weighted by molar-refractivity contribution is 6.30. The molecule has 0 N–H and O–H groups in total. The van der Waals surface area contributed by atoms with Gasteiger partial charge >= 0.3 is 6.09 Å². The number of hydrogen-bond acceptors (Lipinski definition) is 4. The summed E-state index contributed by atoms with van der Waals surface area (Å²) in [6.07, 6.45) is 0.928. The smallest absolute Gasteiger partial charge is 0.415 e. The molecular weight excluding hydrogens is 435 g/mol. The number of carbonyl (C=O) groups excluding carboxylic acids is 2. The van der Waals surface area contributed by atoms with Crippen LogP contribution in [0.2, 0.25) is 5.02 Å². The Morgan fingerprint density at radius 2 is 1.81 bits per heavy atom. The van der Waals surface area contributed by atoms with Crippen molar-refractivity contribution in [3.05, 3.63) is 64.9 Å². The zero-order valence-electron chi connectivity index (χ0n) is 17.6. The summed E-state index contributed by atoms with van der Waals surface area (Å²) in [6.45, 7) is 1.87. The maximum Gasteiger partial charge on any atom is 0.415 e. The highest BCUT2D eigenvalue weighted by atomic mass is 35.5. The van der Waals surface area contributed by atoms with Crippen molar-refractivity contribution in [1.29, 1.82) is 0 Å². The minimum absolute atomic E-state index is 0.125. The lowest BCUT2D eigenvalue weighted by Gasteiger charge is -2.39. The number of ether oxygens (including phenoxy) is 2. The molecule has 3 aliphatic rings. The van der Waals surface area contributed by atoms with Gasteiger partial charge in [-0.05, 0) is 37.1 Å². The second kappa shape index (κ2) is 8.05. The number of likely N-dealkylation sites (tertiary alicyclic amines) is 1. The molecule has 0 bridgehead atoms. The minimum atomic E-state index is -0.968. The van der Waals surface area contributed by atoms with E-state index in [0.29, 0.717) is 61.8 Å². The van der Waals surface area contributed by atoms with E-state index < -0.39 is 17.1 Å². The monoisotopic (exact) mass is 458 g/mol. The third-order valence-corrected chi connectivity index (χ3v) is 7.07. The van der Waals surface area contributed by atoms with Crippen LogP contribution in [-0.4, -0.2) is 55.3 Å². The van der Waals surface area contributed by atoms with Crippen molar-refractivity contribution in [3.8, 4) is 0 Å². The van der Waals surface area contributed by atoms with E-state index in [9.17, 15) is 14.0 Å². The van der Waals surface area contributed by atoms with Crippen LogP contribution in [0.4, 0.5) is 14.9 Å². The van der Waals surface area contributed by atoms with Crippen LogP contribution in [0.15, 0.2) is 48.5 Å². The summed E-state index contributed by atoms with van der Waals surface area (Å²) in [7, 11) is 0. The molecule has 0 saturated carbocycles. The zero-order chi connectivity index (χ0) is 22.3. The zero-order valence-corrected chi connectivity index (χ0v) is 18.3. The number of hydrogen-bond donors (Lipinski definition) is 0. The summed E-state index contributed by atoms with van der Waals surface area (Å²) in [5, 5.41) is 0.533. The van der Waals surface area contributed by atoms with E-state index in [1.54, 1.807) is 52.3 Å². The van der Waals surface area contributed by atoms with Gasteiger partial charge in [-0.2, -0.15) is 0 Å². The predicted octanol–water partition coefficient (Wildman–Crippen LogP) is 4.16. The average molecular weight is 459 g/mol. The molecule has 1 atom stereocenters. The summed E-state index contributed by atoms with van der Waals surface area (Å²) in [6, 6.07) is 13.5. The van der Waals surface area contributed by atoms with Gasteiger partial charge in [-0.3, -0.25) is 9.69 Å². The van der Waals surface area contributed by atoms with Crippen LogP contribution < -0.4 is 4.90 Å². The lowest BCUT2D eigenvalue weighted by atomic mass is 9.72. The fraction of sp³-hybridized carbons (Fsp3) is 0.417. The van der Waals surface area contributed by atoms with Crippen LogP contribution >= 0.6 is 11.6 Å². The van der Waals surface area contributed by atoms with Gasteiger partial charge in [0.25, 0.3) is 0 Å². The Labute approximate surface area is 190 Å². The topological polar surface area (TPSA) is 59.1 Å². The largest absolute Gasteiger partial charge is 0.439 e. The van der Waals surface area contributed by atoms with Gasteiger partial charge in [0.2, 0.25) is 5.91 Å². The number of anilines is 1. The van der Waals surface area contributed by atoms with Crippen LogP contribution in [-0.2, 0) is 19.7 Å². The summed E-state index contributed by atoms with van der Waals surface area (Å²) < 4.78 is 26.1. The molecule has 2 amide bonds. The number of nitrogens with zero attached hydrogens (tertiary/aromatic N) is 2. The van der Waals surface area contributed by atoms with Crippen LogP contribution in [0, 0.1) is 5.82 Å². The van der Waals surface area contributed by atoms with Crippen molar-refractivity contribution >= 4 is 29.3 Å². The highest BCUT2D eigenvalue weighted by Crippen LogP contribution is 2.42. The standard InChI is InChI=1S/C24H24ClFN2O4/c25-17-4-3-5-18(14-17)28-16-23(32-22(28)30)8-11-27(15-23)21(29)24(9-12-31-13-10-24)19-6-1-2-7-20(19)26/h1-7,14H,8-13,15-16H2. The molecule has 6 nitrogen and oxygen atoms in total. The second-order valence-electron chi connectivity index (χ2n) is 8.77. The first-order valence-electron chi connectivity index (χ1n) is 10.8. The molecule has 8 heteroatoms. The summed E-state index contributed by atoms with van der Waals surface area (Å²) >= 11 is 6.09. The number of halogens is 2. The number of amides is 2. The quantitative estimate of drug-likeness (QED) is 0.693. The van der Waals surface area contributed by atoms with Crippen molar-refractivity contribution in [3.63, 3.8) is 0 Å².